The van der Waals surface area contributed by atoms with Gasteiger partial charge in [-0.05, 0) is 18.2 Å². The predicted molar refractivity (Wildman–Crippen MR) is 84.0 cm³/mol. The molecule has 1 aliphatic heterocycles. The largest absolute Gasteiger partial charge is 0.447 e. The molecule has 0 atom stereocenters. The van der Waals surface area contributed by atoms with Gasteiger partial charge in [0.05, 0.1) is 25.3 Å². The Kier molecular flexibility index (Phi) is 5.57. The predicted octanol–water partition coefficient (Wildman–Crippen LogP) is 0.653. The van der Waals surface area contributed by atoms with Crippen molar-refractivity contribution in [1.82, 2.24) is 10.6 Å². The number of hydrogen-bond donors (Lipinski definition) is 3. The van der Waals surface area contributed by atoms with Crippen LogP contribution in [0.25, 0.3) is 0 Å². The first kappa shape index (κ1) is 17.1. The molecule has 1 aromatic carbocycles. The van der Waals surface area contributed by atoms with Crippen molar-refractivity contribution in [3.05, 3.63) is 24.0 Å². The van der Waals surface area contributed by atoms with Gasteiger partial charge in [-0.15, -0.1) is 6.42 Å². The van der Waals surface area contributed by atoms with Crippen molar-refractivity contribution < 1.29 is 23.5 Å². The number of urea groups is 1. The summed E-state index contributed by atoms with van der Waals surface area (Å²) in [6.45, 7) is 0.315. The second-order valence-corrected chi connectivity index (χ2v) is 4.72. The normalized spacial score (nSPS) is 13.0. The van der Waals surface area contributed by atoms with E-state index in [0.717, 1.165) is 6.07 Å². The Labute approximate surface area is 137 Å². The van der Waals surface area contributed by atoms with E-state index in [-0.39, 0.29) is 25.4 Å². The number of cyclic esters (lactones) is 1. The third-order valence-corrected chi connectivity index (χ3v) is 3.07. The second-order valence-electron chi connectivity index (χ2n) is 4.72. The molecule has 9 heteroatoms. The number of halogens is 1. The molecule has 0 aliphatic carbocycles. The maximum Gasteiger partial charge on any atom is 0.414 e. The molecule has 1 heterocycles. The summed E-state index contributed by atoms with van der Waals surface area (Å²) >= 11 is 0. The van der Waals surface area contributed by atoms with E-state index in [1.165, 1.54) is 17.0 Å². The highest BCUT2D eigenvalue weighted by Crippen LogP contribution is 2.24. The molecule has 8 nitrogen and oxygen atoms in total. The van der Waals surface area contributed by atoms with Crippen LogP contribution in [0.3, 0.4) is 0 Å². The minimum Gasteiger partial charge on any atom is -0.447 e. The van der Waals surface area contributed by atoms with Crippen LogP contribution in [-0.4, -0.2) is 44.3 Å². The van der Waals surface area contributed by atoms with E-state index in [4.69, 9.17) is 11.2 Å². The second kappa shape index (κ2) is 7.82. The summed E-state index contributed by atoms with van der Waals surface area (Å²) in [4.78, 5) is 35.9. The first-order chi connectivity index (χ1) is 11.5. The topological polar surface area (TPSA) is 99.8 Å². The van der Waals surface area contributed by atoms with Gasteiger partial charge < -0.3 is 20.7 Å². The summed E-state index contributed by atoms with van der Waals surface area (Å²) in [7, 11) is 0. The van der Waals surface area contributed by atoms with Gasteiger partial charge in [0.15, 0.2) is 0 Å². The molecule has 126 valence electrons. The highest BCUT2D eigenvalue weighted by atomic mass is 19.1. The van der Waals surface area contributed by atoms with Gasteiger partial charge in [-0.1, -0.05) is 5.92 Å². The van der Waals surface area contributed by atoms with Gasteiger partial charge in [-0.3, -0.25) is 9.69 Å². The fourth-order valence-corrected chi connectivity index (χ4v) is 1.94. The highest BCUT2D eigenvalue weighted by Gasteiger charge is 2.24. The SMILES string of the molecule is C#CCNC(=O)CNC(=O)Nc1cc(N2CCOC2=O)ccc1F. The first-order valence-corrected chi connectivity index (χ1v) is 7.00. The van der Waals surface area contributed by atoms with Gasteiger partial charge in [0.25, 0.3) is 0 Å². The summed E-state index contributed by atoms with van der Waals surface area (Å²) in [5.74, 6) is 1.06. The van der Waals surface area contributed by atoms with Crippen LogP contribution in [0.4, 0.5) is 25.4 Å². The van der Waals surface area contributed by atoms with Crippen molar-refractivity contribution in [1.29, 1.82) is 0 Å². The van der Waals surface area contributed by atoms with Gasteiger partial charge in [0.2, 0.25) is 5.91 Å². The zero-order valence-corrected chi connectivity index (χ0v) is 12.6. The Balaban J connectivity index is 1.96. The maximum absolute atomic E-state index is 13.8. The molecule has 24 heavy (non-hydrogen) atoms. The van der Waals surface area contributed by atoms with Crippen molar-refractivity contribution in [3.8, 4) is 12.3 Å². The molecular formula is C15H15FN4O4. The van der Waals surface area contributed by atoms with E-state index < -0.39 is 23.8 Å². The summed E-state index contributed by atoms with van der Waals surface area (Å²) in [6, 6.07) is 3.06. The van der Waals surface area contributed by atoms with Crippen LogP contribution >= 0.6 is 0 Å². The number of ether oxygens (including phenoxy) is 1. The number of hydrogen-bond acceptors (Lipinski definition) is 4. The van der Waals surface area contributed by atoms with Crippen molar-refractivity contribution in [3.63, 3.8) is 0 Å². The van der Waals surface area contributed by atoms with E-state index in [9.17, 15) is 18.8 Å². The smallest absolute Gasteiger partial charge is 0.414 e. The average Bonchev–Trinajstić information content (AvgIpc) is 2.99. The third kappa shape index (κ3) is 4.36. The Bertz CT molecular complexity index is 701. The van der Waals surface area contributed by atoms with Gasteiger partial charge in [0, 0.05) is 5.69 Å². The van der Waals surface area contributed by atoms with Crippen molar-refractivity contribution >= 4 is 29.4 Å². The fourth-order valence-electron chi connectivity index (χ4n) is 1.94. The van der Waals surface area contributed by atoms with E-state index in [2.05, 4.69) is 21.9 Å². The number of terminal acetylenes is 1. The number of anilines is 2. The van der Waals surface area contributed by atoms with Crippen LogP contribution in [0.2, 0.25) is 0 Å². The quantitative estimate of drug-likeness (QED) is 0.689. The zero-order valence-electron chi connectivity index (χ0n) is 12.6. The number of benzene rings is 1. The molecular weight excluding hydrogens is 319 g/mol. The van der Waals surface area contributed by atoms with Crippen LogP contribution in [-0.2, 0) is 9.53 Å². The summed E-state index contributed by atoms with van der Waals surface area (Å²) < 4.78 is 18.6. The minimum atomic E-state index is -0.772. The average molecular weight is 334 g/mol. The Morgan fingerprint density at radius 3 is 2.83 bits per heavy atom. The number of carbonyl (C=O) groups excluding carboxylic acids is 3. The van der Waals surface area contributed by atoms with Crippen LogP contribution in [0.1, 0.15) is 0 Å². The first-order valence-electron chi connectivity index (χ1n) is 7.00. The molecule has 1 saturated heterocycles. The van der Waals surface area contributed by atoms with Crippen LogP contribution in [0.15, 0.2) is 18.2 Å². The van der Waals surface area contributed by atoms with E-state index in [1.807, 2.05) is 0 Å². The molecule has 0 unspecified atom stereocenters. The lowest BCUT2D eigenvalue weighted by Crippen LogP contribution is -2.39. The van der Waals surface area contributed by atoms with Crippen molar-refractivity contribution in [2.45, 2.75) is 0 Å². The van der Waals surface area contributed by atoms with Gasteiger partial charge in [-0.2, -0.15) is 0 Å². The zero-order chi connectivity index (χ0) is 17.5. The number of nitrogens with one attached hydrogen (secondary N) is 3. The Morgan fingerprint density at radius 1 is 1.38 bits per heavy atom. The molecule has 3 N–H and O–H groups in total. The van der Waals surface area contributed by atoms with Gasteiger partial charge in [0.1, 0.15) is 12.4 Å². The van der Waals surface area contributed by atoms with E-state index >= 15 is 0 Å². The standard InChI is InChI=1S/C15H15FN4O4/c1-2-5-17-13(21)9-18-14(22)19-12-8-10(3-4-11(12)16)20-6-7-24-15(20)23/h1,3-4,8H,5-7,9H2,(H,17,21)(H2,18,19,22). The third-order valence-electron chi connectivity index (χ3n) is 3.07. The van der Waals surface area contributed by atoms with Gasteiger partial charge in [-0.25, -0.2) is 14.0 Å². The molecule has 4 amide bonds. The Hall–Kier alpha value is -3.28. The summed E-state index contributed by atoms with van der Waals surface area (Å²) in [5, 5.41) is 6.90. The maximum atomic E-state index is 13.8. The molecule has 0 spiro atoms. The number of nitrogens with zero attached hydrogens (tertiary/aromatic N) is 1. The van der Waals surface area contributed by atoms with Crippen LogP contribution in [0.5, 0.6) is 0 Å². The summed E-state index contributed by atoms with van der Waals surface area (Å²) in [6.07, 6.45) is 4.44. The lowest BCUT2D eigenvalue weighted by atomic mass is 10.2. The molecule has 1 aliphatic rings. The monoisotopic (exact) mass is 334 g/mol. The molecule has 1 fully saturated rings. The van der Waals surface area contributed by atoms with E-state index in [0.29, 0.717) is 12.2 Å². The van der Waals surface area contributed by atoms with Crippen LogP contribution < -0.4 is 20.9 Å². The number of carbonyl (C=O) groups is 3. The molecule has 0 bridgehead atoms. The molecule has 1 aromatic rings. The fraction of sp³-hybridized carbons (Fsp3) is 0.267. The Morgan fingerprint density at radius 2 is 2.17 bits per heavy atom. The summed E-state index contributed by atoms with van der Waals surface area (Å²) in [5.41, 5.74) is 0.259. The highest BCUT2D eigenvalue weighted by molar-refractivity contribution is 5.94. The lowest BCUT2D eigenvalue weighted by Gasteiger charge is -2.15. The minimum absolute atomic E-state index is 0.0464. The molecule has 0 aromatic heterocycles. The lowest BCUT2D eigenvalue weighted by molar-refractivity contribution is -0.119. The number of rotatable bonds is 5. The molecule has 0 saturated carbocycles. The van der Waals surface area contributed by atoms with Crippen LogP contribution in [0, 0.1) is 18.2 Å². The molecule has 0 radical (unpaired) electrons. The number of amides is 4. The van der Waals surface area contributed by atoms with Crippen molar-refractivity contribution in [2.75, 3.05) is 36.5 Å². The van der Waals surface area contributed by atoms with Crippen molar-refractivity contribution in [2.24, 2.45) is 0 Å². The van der Waals surface area contributed by atoms with Gasteiger partial charge >= 0.3 is 12.1 Å². The molecule has 2 rings (SSSR count). The van der Waals surface area contributed by atoms with E-state index in [1.54, 1.807) is 0 Å².